The van der Waals surface area contributed by atoms with Gasteiger partial charge in [0.15, 0.2) is 6.20 Å². The van der Waals surface area contributed by atoms with Gasteiger partial charge in [0, 0.05) is 11.6 Å². The van der Waals surface area contributed by atoms with E-state index in [0.29, 0.717) is 11.4 Å². The van der Waals surface area contributed by atoms with E-state index >= 15 is 0 Å². The van der Waals surface area contributed by atoms with Crippen LogP contribution < -0.4 is 9.47 Å². The molecule has 0 radical (unpaired) electrons. The molecule has 0 fully saturated rings. The van der Waals surface area contributed by atoms with Crippen molar-refractivity contribution in [2.45, 2.75) is 0 Å². The average Bonchev–Trinajstić information content (AvgIpc) is 2.51. The minimum absolute atomic E-state index is 0.569. The van der Waals surface area contributed by atoms with E-state index < -0.39 is 0 Å². The molecule has 2 aromatic carbocycles. The van der Waals surface area contributed by atoms with Crippen molar-refractivity contribution in [3.63, 3.8) is 0 Å². The molecule has 0 unspecified atom stereocenters. The average molecular weight is 263 g/mol. The second-order valence-electron chi connectivity index (χ2n) is 4.35. The van der Waals surface area contributed by atoms with E-state index in [4.69, 9.17) is 4.74 Å². The first-order valence-corrected chi connectivity index (χ1v) is 6.34. The Labute approximate surface area is 117 Å². The topological polar surface area (TPSA) is 36.2 Å². The van der Waals surface area contributed by atoms with Crippen molar-refractivity contribution < 1.29 is 9.47 Å². The quantitative estimate of drug-likeness (QED) is 0.532. The maximum Gasteiger partial charge on any atom is 0.227 e. The van der Waals surface area contributed by atoms with E-state index in [9.17, 15) is 5.21 Å². The smallest absolute Gasteiger partial charge is 0.227 e. The first-order chi connectivity index (χ1) is 9.83. The van der Waals surface area contributed by atoms with Crippen molar-refractivity contribution in [3.8, 4) is 22.8 Å². The lowest BCUT2D eigenvalue weighted by Crippen LogP contribution is -2.28. The number of hydrogen-bond donors (Lipinski definition) is 0. The molecule has 0 aliphatic rings. The van der Waals surface area contributed by atoms with E-state index in [2.05, 4.69) is 0 Å². The SMILES string of the molecule is [O-][n+]1ccc(Oc2ccccc2)cc1-c1ccccc1. The molecule has 3 rings (SSSR count). The zero-order chi connectivity index (χ0) is 13.8. The highest BCUT2D eigenvalue weighted by Crippen LogP contribution is 2.24. The normalized spacial score (nSPS) is 10.2. The van der Waals surface area contributed by atoms with Crippen LogP contribution in [0.25, 0.3) is 11.3 Å². The van der Waals surface area contributed by atoms with Gasteiger partial charge in [0.2, 0.25) is 5.69 Å². The number of rotatable bonds is 3. The first kappa shape index (κ1) is 12.2. The Hall–Kier alpha value is -2.81. The van der Waals surface area contributed by atoms with Crippen LogP contribution in [0.15, 0.2) is 79.0 Å². The largest absolute Gasteiger partial charge is 0.618 e. The van der Waals surface area contributed by atoms with Crippen molar-refractivity contribution in [1.29, 1.82) is 0 Å². The number of pyridine rings is 1. The summed E-state index contributed by atoms with van der Waals surface area (Å²) in [4.78, 5) is 0. The van der Waals surface area contributed by atoms with Gasteiger partial charge >= 0.3 is 0 Å². The monoisotopic (exact) mass is 263 g/mol. The Balaban J connectivity index is 1.95. The number of para-hydroxylation sites is 1. The lowest BCUT2D eigenvalue weighted by molar-refractivity contribution is -0.593. The fourth-order valence-corrected chi connectivity index (χ4v) is 1.98. The van der Waals surface area contributed by atoms with Crippen molar-refractivity contribution >= 4 is 0 Å². The molecule has 20 heavy (non-hydrogen) atoms. The second kappa shape index (κ2) is 5.45. The molecular formula is C17H13NO2. The summed E-state index contributed by atoms with van der Waals surface area (Å²) in [7, 11) is 0. The highest BCUT2D eigenvalue weighted by molar-refractivity contribution is 5.57. The molecule has 3 heteroatoms. The summed E-state index contributed by atoms with van der Waals surface area (Å²) in [6, 6.07) is 22.4. The van der Waals surface area contributed by atoms with Crippen LogP contribution in [0.2, 0.25) is 0 Å². The highest BCUT2D eigenvalue weighted by atomic mass is 16.5. The molecule has 0 aliphatic heterocycles. The third-order valence-electron chi connectivity index (χ3n) is 2.94. The maximum atomic E-state index is 11.9. The summed E-state index contributed by atoms with van der Waals surface area (Å²) in [6.45, 7) is 0. The van der Waals surface area contributed by atoms with Crippen LogP contribution in [0.3, 0.4) is 0 Å². The highest BCUT2D eigenvalue weighted by Gasteiger charge is 2.10. The molecule has 0 aliphatic carbocycles. The predicted molar refractivity (Wildman–Crippen MR) is 77.4 cm³/mol. The molecule has 0 N–H and O–H groups in total. The Morgan fingerprint density at radius 3 is 2.10 bits per heavy atom. The number of aromatic nitrogens is 1. The lowest BCUT2D eigenvalue weighted by Gasteiger charge is -2.08. The number of nitrogens with zero attached hydrogens (tertiary/aromatic N) is 1. The minimum atomic E-state index is 0.569. The van der Waals surface area contributed by atoms with Gasteiger partial charge in [0.05, 0.1) is 6.07 Å². The van der Waals surface area contributed by atoms with Gasteiger partial charge in [0.1, 0.15) is 11.5 Å². The summed E-state index contributed by atoms with van der Waals surface area (Å²) >= 11 is 0. The summed E-state index contributed by atoms with van der Waals surface area (Å²) < 4.78 is 6.58. The Bertz CT molecular complexity index is 697. The lowest BCUT2D eigenvalue weighted by atomic mass is 10.1. The summed E-state index contributed by atoms with van der Waals surface area (Å²) in [5, 5.41) is 11.9. The van der Waals surface area contributed by atoms with Gasteiger partial charge < -0.3 is 9.94 Å². The van der Waals surface area contributed by atoms with Crippen molar-refractivity contribution in [1.82, 2.24) is 0 Å². The van der Waals surface area contributed by atoms with Crippen molar-refractivity contribution in [2.24, 2.45) is 0 Å². The molecule has 3 nitrogen and oxygen atoms in total. The standard InChI is InChI=1S/C17H13NO2/c19-18-12-11-16(20-15-9-5-2-6-10-15)13-17(18)14-7-3-1-4-8-14/h1-13H. The minimum Gasteiger partial charge on any atom is -0.618 e. The molecule has 0 atom stereocenters. The first-order valence-electron chi connectivity index (χ1n) is 6.34. The zero-order valence-electron chi connectivity index (χ0n) is 10.8. The van der Waals surface area contributed by atoms with E-state index in [-0.39, 0.29) is 0 Å². The van der Waals surface area contributed by atoms with E-state index in [1.165, 1.54) is 6.20 Å². The molecule has 0 amide bonds. The zero-order valence-corrected chi connectivity index (χ0v) is 10.8. The van der Waals surface area contributed by atoms with Gasteiger partial charge in [-0.25, -0.2) is 0 Å². The van der Waals surface area contributed by atoms with Crippen molar-refractivity contribution in [3.05, 3.63) is 84.2 Å². The van der Waals surface area contributed by atoms with Crippen LogP contribution in [0.5, 0.6) is 11.5 Å². The molecule has 98 valence electrons. The van der Waals surface area contributed by atoms with Crippen LogP contribution in [0.4, 0.5) is 0 Å². The number of benzene rings is 2. The fourth-order valence-electron chi connectivity index (χ4n) is 1.98. The summed E-state index contributed by atoms with van der Waals surface area (Å²) in [5.74, 6) is 1.39. The molecular weight excluding hydrogens is 250 g/mol. The molecule has 1 aromatic heterocycles. The van der Waals surface area contributed by atoms with Gasteiger partial charge in [-0.05, 0) is 24.3 Å². The van der Waals surface area contributed by atoms with Crippen LogP contribution in [-0.2, 0) is 0 Å². The van der Waals surface area contributed by atoms with E-state index in [1.54, 1.807) is 12.1 Å². The molecule has 3 aromatic rings. The van der Waals surface area contributed by atoms with Crippen LogP contribution in [-0.4, -0.2) is 0 Å². The van der Waals surface area contributed by atoms with Gasteiger partial charge in [-0.2, -0.15) is 4.73 Å². The second-order valence-corrected chi connectivity index (χ2v) is 4.35. The Kier molecular flexibility index (Phi) is 3.33. The molecule has 1 heterocycles. The number of hydrogen-bond acceptors (Lipinski definition) is 2. The molecule has 0 spiro atoms. The molecule has 0 saturated heterocycles. The predicted octanol–water partition coefficient (Wildman–Crippen LogP) is 3.78. The van der Waals surface area contributed by atoms with Crippen molar-refractivity contribution in [2.75, 3.05) is 0 Å². The van der Waals surface area contributed by atoms with Crippen LogP contribution in [0, 0.1) is 5.21 Å². The molecule has 0 saturated carbocycles. The third kappa shape index (κ3) is 2.62. The number of ether oxygens (including phenoxy) is 1. The van der Waals surface area contributed by atoms with Crippen LogP contribution in [0.1, 0.15) is 0 Å². The van der Waals surface area contributed by atoms with E-state index in [1.807, 2.05) is 60.7 Å². The van der Waals surface area contributed by atoms with Gasteiger partial charge in [-0.15, -0.1) is 0 Å². The Morgan fingerprint density at radius 1 is 0.750 bits per heavy atom. The summed E-state index contributed by atoms with van der Waals surface area (Å²) in [5.41, 5.74) is 1.43. The fraction of sp³-hybridized carbons (Fsp3) is 0. The van der Waals surface area contributed by atoms with E-state index in [0.717, 1.165) is 16.0 Å². The van der Waals surface area contributed by atoms with Gasteiger partial charge in [-0.3, -0.25) is 0 Å². The third-order valence-corrected chi connectivity index (χ3v) is 2.94. The van der Waals surface area contributed by atoms with Gasteiger partial charge in [0.25, 0.3) is 0 Å². The van der Waals surface area contributed by atoms with Crippen LogP contribution >= 0.6 is 0 Å². The van der Waals surface area contributed by atoms with Gasteiger partial charge in [-0.1, -0.05) is 36.4 Å². The maximum absolute atomic E-state index is 11.9. The Morgan fingerprint density at radius 2 is 1.40 bits per heavy atom. The summed E-state index contributed by atoms with van der Waals surface area (Å²) in [6.07, 6.45) is 1.46. The molecule has 0 bridgehead atoms.